The Morgan fingerprint density at radius 2 is 1.55 bits per heavy atom. The van der Waals surface area contributed by atoms with Crippen molar-refractivity contribution < 1.29 is 4.79 Å². The molecular weight excluding hydrogens is 250 g/mol. The van der Waals surface area contributed by atoms with Crippen LogP contribution in [0.5, 0.6) is 0 Å². The first-order valence-corrected chi connectivity index (χ1v) is 8.35. The fourth-order valence-corrected chi connectivity index (χ4v) is 3.97. The predicted molar refractivity (Wildman–Crippen MR) is 80.6 cm³/mol. The Labute approximate surface area is 123 Å². The molecule has 3 aliphatic rings. The van der Waals surface area contributed by atoms with Crippen LogP contribution in [0.15, 0.2) is 0 Å². The molecule has 0 aromatic heterocycles. The molecule has 4 heteroatoms. The van der Waals surface area contributed by atoms with Crippen LogP contribution in [-0.4, -0.2) is 73.0 Å². The molecule has 1 aliphatic carbocycles. The lowest BCUT2D eigenvalue weighted by Crippen LogP contribution is -2.62. The lowest BCUT2D eigenvalue weighted by atomic mass is 9.82. The van der Waals surface area contributed by atoms with Gasteiger partial charge < -0.3 is 9.80 Å². The van der Waals surface area contributed by atoms with Crippen molar-refractivity contribution in [3.8, 4) is 0 Å². The van der Waals surface area contributed by atoms with Gasteiger partial charge in [-0.05, 0) is 38.6 Å². The monoisotopic (exact) mass is 279 g/mol. The Kier molecular flexibility index (Phi) is 4.32. The third-order valence-corrected chi connectivity index (χ3v) is 5.55. The second-order valence-electron chi connectivity index (χ2n) is 7.19. The van der Waals surface area contributed by atoms with Gasteiger partial charge in [-0.25, -0.2) is 0 Å². The number of likely N-dealkylation sites (tertiary alicyclic amines) is 1. The molecule has 20 heavy (non-hydrogen) atoms. The van der Waals surface area contributed by atoms with Gasteiger partial charge in [-0.15, -0.1) is 0 Å². The first-order valence-electron chi connectivity index (χ1n) is 8.35. The number of carbonyl (C=O) groups is 1. The maximum atomic E-state index is 12.6. The average molecular weight is 279 g/mol. The summed E-state index contributed by atoms with van der Waals surface area (Å²) in [5.74, 6) is 1.60. The van der Waals surface area contributed by atoms with E-state index in [-0.39, 0.29) is 0 Å². The van der Waals surface area contributed by atoms with Crippen LogP contribution < -0.4 is 0 Å². The van der Waals surface area contributed by atoms with Crippen molar-refractivity contribution in [2.75, 3.05) is 46.3 Å². The van der Waals surface area contributed by atoms with Crippen LogP contribution in [0.25, 0.3) is 0 Å². The summed E-state index contributed by atoms with van der Waals surface area (Å²) < 4.78 is 0. The average Bonchev–Trinajstić information content (AvgIpc) is 2.44. The van der Waals surface area contributed by atoms with E-state index in [4.69, 9.17) is 0 Å². The van der Waals surface area contributed by atoms with Crippen molar-refractivity contribution in [1.82, 2.24) is 14.7 Å². The minimum atomic E-state index is 0.326. The smallest absolute Gasteiger partial charge is 0.225 e. The van der Waals surface area contributed by atoms with E-state index in [0.29, 0.717) is 11.8 Å². The summed E-state index contributed by atoms with van der Waals surface area (Å²) in [5, 5.41) is 0. The van der Waals surface area contributed by atoms with E-state index >= 15 is 0 Å². The van der Waals surface area contributed by atoms with Gasteiger partial charge in [0.15, 0.2) is 0 Å². The summed E-state index contributed by atoms with van der Waals surface area (Å²) in [5.41, 5.74) is 0. The molecule has 0 atom stereocenters. The molecule has 2 heterocycles. The highest BCUT2D eigenvalue weighted by Gasteiger charge is 2.34. The molecule has 3 rings (SSSR count). The highest BCUT2D eigenvalue weighted by atomic mass is 16.2. The molecule has 0 aromatic carbocycles. The molecule has 0 N–H and O–H groups in total. The van der Waals surface area contributed by atoms with Gasteiger partial charge in [0.2, 0.25) is 5.91 Å². The van der Waals surface area contributed by atoms with Crippen molar-refractivity contribution >= 4 is 5.91 Å². The van der Waals surface area contributed by atoms with Gasteiger partial charge in [0, 0.05) is 51.2 Å². The van der Waals surface area contributed by atoms with Crippen molar-refractivity contribution in [2.24, 2.45) is 11.8 Å². The van der Waals surface area contributed by atoms with Crippen LogP contribution in [-0.2, 0) is 4.79 Å². The number of nitrogens with zero attached hydrogens (tertiary/aromatic N) is 3. The largest absolute Gasteiger partial charge is 0.340 e. The molecule has 1 amide bonds. The van der Waals surface area contributed by atoms with Crippen LogP contribution in [0, 0.1) is 11.8 Å². The highest BCUT2D eigenvalue weighted by molar-refractivity contribution is 5.79. The van der Waals surface area contributed by atoms with Gasteiger partial charge in [0.1, 0.15) is 0 Å². The molecular formula is C16H29N3O. The predicted octanol–water partition coefficient (Wildman–Crippen LogP) is 1.27. The van der Waals surface area contributed by atoms with E-state index in [1.165, 1.54) is 25.9 Å². The molecule has 0 spiro atoms. The summed E-state index contributed by atoms with van der Waals surface area (Å²) in [7, 11) is 2.18. The summed E-state index contributed by atoms with van der Waals surface area (Å²) in [6.45, 7) is 8.77. The quantitative estimate of drug-likeness (QED) is 0.762. The summed E-state index contributed by atoms with van der Waals surface area (Å²) >= 11 is 0. The summed E-state index contributed by atoms with van der Waals surface area (Å²) in [4.78, 5) is 19.7. The van der Waals surface area contributed by atoms with Gasteiger partial charge in [0.25, 0.3) is 0 Å². The lowest BCUT2D eigenvalue weighted by Gasteiger charge is -2.47. The van der Waals surface area contributed by atoms with E-state index in [1.54, 1.807) is 0 Å². The van der Waals surface area contributed by atoms with E-state index in [2.05, 4.69) is 28.7 Å². The zero-order chi connectivity index (χ0) is 14.1. The van der Waals surface area contributed by atoms with Gasteiger partial charge in [-0.3, -0.25) is 9.69 Å². The third-order valence-electron chi connectivity index (χ3n) is 5.55. The van der Waals surface area contributed by atoms with Crippen LogP contribution in [0.2, 0.25) is 0 Å². The molecule has 0 aromatic rings. The molecule has 0 unspecified atom stereocenters. The number of rotatable bonds is 2. The summed E-state index contributed by atoms with van der Waals surface area (Å²) in [6.07, 6.45) is 4.72. The van der Waals surface area contributed by atoms with Crippen LogP contribution in [0.4, 0.5) is 0 Å². The molecule has 3 fully saturated rings. The second kappa shape index (κ2) is 6.02. The molecule has 0 radical (unpaired) electrons. The molecule has 2 aliphatic heterocycles. The number of carbonyl (C=O) groups excluding carboxylic acids is 1. The molecule has 1 saturated carbocycles. The number of hydrogen-bond acceptors (Lipinski definition) is 3. The van der Waals surface area contributed by atoms with E-state index in [0.717, 1.165) is 51.0 Å². The van der Waals surface area contributed by atoms with E-state index in [1.807, 2.05) is 0 Å². The number of hydrogen-bond donors (Lipinski definition) is 0. The second-order valence-corrected chi connectivity index (χ2v) is 7.19. The van der Waals surface area contributed by atoms with Gasteiger partial charge in [0.05, 0.1) is 0 Å². The Bertz CT molecular complexity index is 338. The van der Waals surface area contributed by atoms with Gasteiger partial charge in [-0.2, -0.15) is 0 Å². The first kappa shape index (κ1) is 14.3. The molecule has 2 saturated heterocycles. The molecule has 0 bridgehead atoms. The number of amides is 1. The lowest BCUT2D eigenvalue weighted by molar-refractivity contribution is -0.139. The minimum absolute atomic E-state index is 0.326. The molecule has 114 valence electrons. The van der Waals surface area contributed by atoms with Gasteiger partial charge in [-0.1, -0.05) is 6.92 Å². The van der Waals surface area contributed by atoms with Crippen LogP contribution in [0.3, 0.4) is 0 Å². The van der Waals surface area contributed by atoms with Crippen LogP contribution >= 0.6 is 0 Å². The van der Waals surface area contributed by atoms with Crippen molar-refractivity contribution in [1.29, 1.82) is 0 Å². The standard InChI is InChI=1S/C16H29N3O/c1-13-3-5-14(6-4-13)16(20)19-9-7-18(8-10-19)15-11-17(2)12-15/h13-15H,3-12H2,1-2H3. The third kappa shape index (κ3) is 3.01. The fourth-order valence-electron chi connectivity index (χ4n) is 3.97. The Hall–Kier alpha value is -0.610. The highest BCUT2D eigenvalue weighted by Crippen LogP contribution is 2.30. The van der Waals surface area contributed by atoms with E-state index < -0.39 is 0 Å². The fraction of sp³-hybridized carbons (Fsp3) is 0.938. The topological polar surface area (TPSA) is 26.8 Å². The Balaban J connectivity index is 1.44. The van der Waals surface area contributed by atoms with Crippen molar-refractivity contribution in [3.05, 3.63) is 0 Å². The van der Waals surface area contributed by atoms with Gasteiger partial charge >= 0.3 is 0 Å². The maximum Gasteiger partial charge on any atom is 0.225 e. The molecule has 4 nitrogen and oxygen atoms in total. The first-order chi connectivity index (χ1) is 9.63. The normalized spacial score (nSPS) is 34.0. The zero-order valence-electron chi connectivity index (χ0n) is 13.1. The minimum Gasteiger partial charge on any atom is -0.340 e. The maximum absolute atomic E-state index is 12.6. The van der Waals surface area contributed by atoms with E-state index in [9.17, 15) is 4.79 Å². The number of likely N-dealkylation sites (N-methyl/N-ethyl adjacent to an activating group) is 1. The summed E-state index contributed by atoms with van der Waals surface area (Å²) in [6, 6.07) is 0.743. The number of piperazine rings is 1. The van der Waals surface area contributed by atoms with Crippen LogP contribution in [0.1, 0.15) is 32.6 Å². The zero-order valence-corrected chi connectivity index (χ0v) is 13.1. The Morgan fingerprint density at radius 3 is 2.10 bits per heavy atom. The van der Waals surface area contributed by atoms with Crippen molar-refractivity contribution in [2.45, 2.75) is 38.6 Å². The Morgan fingerprint density at radius 1 is 0.950 bits per heavy atom. The van der Waals surface area contributed by atoms with Crippen molar-refractivity contribution in [3.63, 3.8) is 0 Å². The SMILES string of the molecule is CC1CCC(C(=O)N2CCN(C3CN(C)C3)CC2)CC1.